The lowest BCUT2D eigenvalue weighted by molar-refractivity contribution is 0.0794. The lowest BCUT2D eigenvalue weighted by Gasteiger charge is -2.34. The van der Waals surface area contributed by atoms with E-state index < -0.39 is 8.24 Å². The predicted octanol–water partition coefficient (Wildman–Crippen LogP) is 13.8. The second-order valence-electron chi connectivity index (χ2n) is 18.2. The molecular weight excluding hydrogens is 787 g/mol. The first-order valence-corrected chi connectivity index (χ1v) is 25.0. The van der Waals surface area contributed by atoms with Crippen LogP contribution < -0.4 is 0 Å². The summed E-state index contributed by atoms with van der Waals surface area (Å²) < 4.78 is 4.03. The number of aryl methyl sites for hydroxylation is 2. The highest BCUT2D eigenvalue weighted by Gasteiger charge is 2.48. The molecule has 0 saturated carbocycles. The van der Waals surface area contributed by atoms with Gasteiger partial charge in [0.05, 0.1) is 18.2 Å². The van der Waals surface area contributed by atoms with Gasteiger partial charge in [0.1, 0.15) is 5.71 Å². The van der Waals surface area contributed by atoms with E-state index in [0.29, 0.717) is 17.2 Å². The third-order valence-electron chi connectivity index (χ3n) is 13.0. The van der Waals surface area contributed by atoms with Crippen LogP contribution in [0.4, 0.5) is 11.4 Å². The molecule has 0 radical (unpaired) electrons. The Balaban J connectivity index is 0.000000151. The van der Waals surface area contributed by atoms with Crippen molar-refractivity contribution in [1.82, 2.24) is 0 Å². The van der Waals surface area contributed by atoms with Crippen LogP contribution in [-0.4, -0.2) is 25.6 Å². The molecule has 6 aromatic rings. The second-order valence-corrected chi connectivity index (χ2v) is 22.8. The Morgan fingerprint density at radius 1 is 0.556 bits per heavy atom. The molecule has 2 spiro atoms. The Kier molecular flexibility index (Phi) is 11.9. The second kappa shape index (κ2) is 17.6. The van der Waals surface area contributed by atoms with Gasteiger partial charge in [0.25, 0.3) is 0 Å². The quantitative estimate of drug-likeness (QED) is 0.0758. The summed E-state index contributed by atoms with van der Waals surface area (Å²) in [5, 5.41) is 4.34. The van der Waals surface area contributed by atoms with Crippen molar-refractivity contribution in [3.05, 3.63) is 219 Å². The Bertz CT molecular complexity index is 2980. The molecule has 0 aromatic heterocycles. The fraction of sp³-hybridized carbons (Fsp3) is 0.232. The molecule has 4 aliphatic carbocycles. The third kappa shape index (κ3) is 8.79. The molecule has 2 unspecified atom stereocenters. The Labute approximate surface area is 373 Å². The maximum atomic E-state index is 13.4. The van der Waals surface area contributed by atoms with Crippen molar-refractivity contribution < 1.29 is 4.79 Å². The highest BCUT2D eigenvalue weighted by molar-refractivity contribution is 6.75. The van der Waals surface area contributed by atoms with Gasteiger partial charge < -0.3 is 0 Å². The normalized spacial score (nSPS) is 19.3. The summed E-state index contributed by atoms with van der Waals surface area (Å²) in [5.74, 6) is 2.85. The van der Waals surface area contributed by atoms with E-state index in [1.807, 2.05) is 54.6 Å². The van der Waals surface area contributed by atoms with Gasteiger partial charge >= 0.3 is 0 Å². The molecule has 6 aromatic carbocycles. The molecule has 10 rings (SSSR count). The number of fused-ring (bicyclic) bond motifs is 4. The molecule has 0 heterocycles. The van der Waals surface area contributed by atoms with Crippen molar-refractivity contribution in [2.75, 3.05) is 0 Å². The zero-order valence-electron chi connectivity index (χ0n) is 36.2. The van der Waals surface area contributed by atoms with Crippen LogP contribution >= 0.6 is 0 Å². The van der Waals surface area contributed by atoms with Crippen molar-refractivity contribution in [3.8, 4) is 22.3 Å². The molecule has 2 atom stereocenters. The molecule has 7 heteroatoms. The van der Waals surface area contributed by atoms with Crippen molar-refractivity contribution in [2.45, 2.75) is 71.0 Å². The predicted molar refractivity (Wildman–Crippen MR) is 259 cm³/mol. The molecule has 6 nitrogen and oxygen atoms in total. The first-order chi connectivity index (χ1) is 30.5. The summed E-state index contributed by atoms with van der Waals surface area (Å²) in [7, 11) is -1.21. The molecule has 0 fully saturated rings. The number of carbonyl (C=O) groups excluding carboxylic acids is 1. The Morgan fingerprint density at radius 3 is 1.52 bits per heavy atom. The minimum absolute atomic E-state index is 0.0851. The fourth-order valence-corrected chi connectivity index (χ4v) is 10.4. The van der Waals surface area contributed by atoms with Crippen molar-refractivity contribution in [3.63, 3.8) is 0 Å². The van der Waals surface area contributed by atoms with Crippen LogP contribution in [0.1, 0.15) is 62.1 Å². The number of hydrogen-bond acceptors (Lipinski definition) is 3. The first kappa shape index (κ1) is 42.5. The third-order valence-corrected chi connectivity index (χ3v) is 13.8. The minimum Gasteiger partial charge on any atom is -0.294 e. The summed E-state index contributed by atoms with van der Waals surface area (Å²) in [4.78, 5) is 24.0. The summed E-state index contributed by atoms with van der Waals surface area (Å²) >= 11 is 0. The Hall–Kier alpha value is -7.20. The molecule has 308 valence electrons. The van der Waals surface area contributed by atoms with Gasteiger partial charge in [0.2, 0.25) is 0 Å². The van der Waals surface area contributed by atoms with E-state index >= 15 is 0 Å². The van der Waals surface area contributed by atoms with Crippen LogP contribution in [0.15, 0.2) is 150 Å². The van der Waals surface area contributed by atoms with Crippen LogP contribution in [0.5, 0.6) is 0 Å². The van der Waals surface area contributed by atoms with Gasteiger partial charge in [0, 0.05) is 22.0 Å². The number of rotatable bonds is 3. The summed E-state index contributed by atoms with van der Waals surface area (Å²) in [6, 6.07) is 45.2. The van der Waals surface area contributed by atoms with E-state index in [2.05, 4.69) is 135 Å². The molecule has 0 bridgehead atoms. The molecule has 0 N–H and O–H groups in total. The molecule has 0 aliphatic heterocycles. The highest BCUT2D eigenvalue weighted by Crippen LogP contribution is 2.49. The molecular formula is C56H49N5OSi. The summed E-state index contributed by atoms with van der Waals surface area (Å²) in [5.41, 5.74) is 15.9. The van der Waals surface area contributed by atoms with Crippen molar-refractivity contribution in [2.24, 2.45) is 20.6 Å². The average Bonchev–Trinajstić information content (AvgIpc) is 3.74. The first-order valence-electron chi connectivity index (χ1n) is 21.6. The zero-order chi connectivity index (χ0) is 44.2. The van der Waals surface area contributed by atoms with E-state index in [9.17, 15) is 4.79 Å². The topological polar surface area (TPSA) is 54.9 Å². The fourth-order valence-electron chi connectivity index (χ4n) is 9.97. The minimum atomic E-state index is -1.21. The summed E-state index contributed by atoms with van der Waals surface area (Å²) in [6.07, 6.45) is 7.53. The maximum Gasteiger partial charge on any atom is 0.187 e. The number of benzene rings is 6. The van der Waals surface area contributed by atoms with Crippen LogP contribution in [0.25, 0.3) is 36.9 Å². The average molecular weight is 836 g/mol. The number of hydrogen-bond donors (Lipinski definition) is 0. The molecule has 63 heavy (non-hydrogen) atoms. The zero-order valence-corrected chi connectivity index (χ0v) is 37.2. The standard InChI is InChI=1S/C26H19N3.C25H19NO.C5H11NSi/c1-27-23-9-5-8-19(14-23)20-10-11-22-17-26(25(29-28-2)24(22)15-20)13-12-18-6-3-4-7-21(18)16-26;1-26-22-8-4-7-18(13-22)19-9-10-21-16-25(24(27)23(21)14-19)12-11-17-5-2-3-6-20(17)15-25;1-5-6-7(2,3)4/h3-11,14-15H,12-13,16-17H2;2-10,13-14H,11-12,15-16H2;1H2,2-4H3/b29-25+;;. The lowest BCUT2D eigenvalue weighted by Crippen LogP contribution is -2.35. The van der Waals surface area contributed by atoms with Crippen LogP contribution in [0, 0.1) is 30.5 Å². The van der Waals surface area contributed by atoms with Crippen LogP contribution in [0.3, 0.4) is 0 Å². The number of carbonyl (C=O) groups is 1. The molecule has 0 amide bonds. The largest absolute Gasteiger partial charge is 0.294 e. The van der Waals surface area contributed by atoms with Gasteiger partial charge in [-0.3, -0.25) is 9.45 Å². The van der Waals surface area contributed by atoms with Crippen LogP contribution in [0.2, 0.25) is 19.6 Å². The maximum absolute atomic E-state index is 13.4. The Morgan fingerprint density at radius 2 is 1.02 bits per heavy atom. The van der Waals surface area contributed by atoms with Gasteiger partial charge in [-0.05, 0) is 163 Å². The highest BCUT2D eigenvalue weighted by atomic mass is 28.3. The molecule has 0 saturated heterocycles. The van der Waals surface area contributed by atoms with Crippen molar-refractivity contribution in [1.29, 1.82) is 0 Å². The molecule has 4 aliphatic rings. The van der Waals surface area contributed by atoms with Crippen LogP contribution in [-0.2, 0) is 38.5 Å². The van der Waals surface area contributed by atoms with Gasteiger partial charge in [-0.15, -0.1) is 4.95 Å². The van der Waals surface area contributed by atoms with Crippen molar-refractivity contribution >= 4 is 37.0 Å². The van der Waals surface area contributed by atoms with E-state index in [1.165, 1.54) is 33.4 Å². The number of ketones is 1. The SMILES string of the molecule is C=C=N[Si](C)(C)C.[C-]#[N+]/N=C1\c2cc(-c3cccc([N+]#[C-])c3)ccc2CC12CCc1ccccc1C2.[C-]#[N+]c1cccc(-c2ccc3c(c2)C(=O)C2(CCc4ccccc4C2)C3)c1. The number of nitrogens with zero attached hydrogens (tertiary/aromatic N) is 5. The van der Waals surface area contributed by atoms with E-state index in [0.717, 1.165) is 90.5 Å². The van der Waals surface area contributed by atoms with Gasteiger partial charge in [-0.2, -0.15) is 6.57 Å². The lowest BCUT2D eigenvalue weighted by atomic mass is 9.69. The smallest absolute Gasteiger partial charge is 0.187 e. The van der Waals surface area contributed by atoms with Gasteiger partial charge in [-0.25, -0.2) is 9.69 Å². The monoisotopic (exact) mass is 835 g/mol. The number of Topliss-reactive ketones (excluding diaryl/α,β-unsaturated/α-hetero) is 1. The van der Waals surface area contributed by atoms with E-state index in [1.54, 1.807) is 0 Å². The van der Waals surface area contributed by atoms with E-state index in [4.69, 9.17) is 19.7 Å². The van der Waals surface area contributed by atoms with Gasteiger partial charge in [-0.1, -0.05) is 109 Å². The van der Waals surface area contributed by atoms with Gasteiger partial charge in [0.15, 0.2) is 25.4 Å². The summed E-state index contributed by atoms with van der Waals surface area (Å²) in [6.45, 7) is 31.7. The van der Waals surface area contributed by atoms with E-state index in [-0.39, 0.29) is 10.8 Å².